The van der Waals surface area contributed by atoms with Crippen molar-refractivity contribution in [2.45, 2.75) is 26.3 Å². The number of ether oxygens (including phenoxy) is 1. The number of carbonyl (C=O) groups excluding carboxylic acids is 1. The summed E-state index contributed by atoms with van der Waals surface area (Å²) in [5.74, 6) is -0.305. The Morgan fingerprint density at radius 1 is 1.12 bits per heavy atom. The number of amides is 1. The first-order valence-corrected chi connectivity index (χ1v) is 8.66. The van der Waals surface area contributed by atoms with Gasteiger partial charge in [0.25, 0.3) is 17.5 Å². The zero-order valence-electron chi connectivity index (χ0n) is 14.6. The van der Waals surface area contributed by atoms with Gasteiger partial charge in [0.2, 0.25) is 0 Å². The number of hydrogen-bond donors (Lipinski definition) is 1. The van der Waals surface area contributed by atoms with Gasteiger partial charge in [0, 0.05) is 12.2 Å². The molecular weight excluding hydrogens is 330 g/mol. The number of nitrogens with zero attached hydrogens (tertiary/aromatic N) is 2. The average molecular weight is 351 g/mol. The molecule has 0 unspecified atom stereocenters. The normalized spacial score (nSPS) is 10.7. The lowest BCUT2D eigenvalue weighted by Gasteiger charge is -2.13. The van der Waals surface area contributed by atoms with E-state index in [0.717, 1.165) is 12.8 Å². The van der Waals surface area contributed by atoms with Gasteiger partial charge in [0.1, 0.15) is 0 Å². The van der Waals surface area contributed by atoms with Crippen LogP contribution in [0.4, 0.5) is 5.69 Å². The molecule has 26 heavy (non-hydrogen) atoms. The molecule has 6 heteroatoms. The molecule has 1 heterocycles. The van der Waals surface area contributed by atoms with Gasteiger partial charge in [-0.25, -0.2) is 0 Å². The molecule has 0 saturated carbocycles. The Balaban J connectivity index is 1.81. The minimum atomic E-state index is -0.305. The molecule has 134 valence electrons. The third-order valence-electron chi connectivity index (χ3n) is 3.95. The SMILES string of the molecule is CCCCn1c(OCC(=O)Nc2ccccc2)nc2ccccc2c1=O. The zero-order valence-corrected chi connectivity index (χ0v) is 14.6. The number of rotatable bonds is 7. The van der Waals surface area contributed by atoms with Crippen molar-refractivity contribution in [2.24, 2.45) is 0 Å². The van der Waals surface area contributed by atoms with E-state index in [9.17, 15) is 9.59 Å². The number of aromatic nitrogens is 2. The lowest BCUT2D eigenvalue weighted by molar-refractivity contribution is -0.118. The summed E-state index contributed by atoms with van der Waals surface area (Å²) in [5, 5.41) is 3.29. The monoisotopic (exact) mass is 351 g/mol. The van der Waals surface area contributed by atoms with E-state index in [4.69, 9.17) is 4.74 Å². The second kappa shape index (κ2) is 8.29. The highest BCUT2D eigenvalue weighted by Crippen LogP contribution is 2.14. The highest BCUT2D eigenvalue weighted by atomic mass is 16.5. The molecule has 1 N–H and O–H groups in total. The van der Waals surface area contributed by atoms with Gasteiger partial charge in [-0.1, -0.05) is 43.7 Å². The first-order valence-electron chi connectivity index (χ1n) is 8.66. The van der Waals surface area contributed by atoms with E-state index in [-0.39, 0.29) is 24.1 Å². The molecule has 1 aromatic heterocycles. The molecule has 3 rings (SSSR count). The number of unbranched alkanes of at least 4 members (excludes halogenated alkanes) is 1. The van der Waals surface area contributed by atoms with Crippen molar-refractivity contribution in [3.8, 4) is 6.01 Å². The number of nitrogens with one attached hydrogen (secondary N) is 1. The number of fused-ring (bicyclic) bond motifs is 1. The van der Waals surface area contributed by atoms with Crippen molar-refractivity contribution in [3.05, 3.63) is 65.0 Å². The van der Waals surface area contributed by atoms with Crippen molar-refractivity contribution in [3.63, 3.8) is 0 Å². The van der Waals surface area contributed by atoms with Gasteiger partial charge in [-0.15, -0.1) is 0 Å². The third kappa shape index (κ3) is 4.08. The fourth-order valence-electron chi connectivity index (χ4n) is 2.62. The third-order valence-corrected chi connectivity index (χ3v) is 3.95. The summed E-state index contributed by atoms with van der Waals surface area (Å²) in [6.45, 7) is 2.34. The van der Waals surface area contributed by atoms with Gasteiger partial charge in [0.05, 0.1) is 10.9 Å². The number of hydrogen-bond acceptors (Lipinski definition) is 4. The predicted molar refractivity (Wildman–Crippen MR) is 101 cm³/mol. The Morgan fingerprint density at radius 2 is 1.85 bits per heavy atom. The Morgan fingerprint density at radius 3 is 2.62 bits per heavy atom. The van der Waals surface area contributed by atoms with Crippen LogP contribution in [0.2, 0.25) is 0 Å². The highest BCUT2D eigenvalue weighted by molar-refractivity contribution is 5.91. The van der Waals surface area contributed by atoms with Crippen LogP contribution in [0, 0.1) is 0 Å². The van der Waals surface area contributed by atoms with Crippen LogP contribution in [0.25, 0.3) is 10.9 Å². The van der Waals surface area contributed by atoms with Crippen molar-refractivity contribution in [1.82, 2.24) is 9.55 Å². The summed E-state index contributed by atoms with van der Waals surface area (Å²) in [7, 11) is 0. The Labute approximate surface area is 151 Å². The molecule has 2 aromatic carbocycles. The summed E-state index contributed by atoms with van der Waals surface area (Å²) >= 11 is 0. The van der Waals surface area contributed by atoms with Crippen LogP contribution < -0.4 is 15.6 Å². The molecular formula is C20H21N3O3. The van der Waals surface area contributed by atoms with Crippen molar-refractivity contribution < 1.29 is 9.53 Å². The minimum absolute atomic E-state index is 0.150. The number of para-hydroxylation sites is 2. The second-order valence-electron chi connectivity index (χ2n) is 5.92. The summed E-state index contributed by atoms with van der Waals surface area (Å²) in [5.41, 5.74) is 1.10. The summed E-state index contributed by atoms with van der Waals surface area (Å²) in [6.07, 6.45) is 1.76. The van der Waals surface area contributed by atoms with Crippen LogP contribution in [0.15, 0.2) is 59.4 Å². The maximum Gasteiger partial charge on any atom is 0.300 e. The number of carbonyl (C=O) groups is 1. The average Bonchev–Trinajstić information content (AvgIpc) is 2.67. The lowest BCUT2D eigenvalue weighted by atomic mass is 10.2. The fraction of sp³-hybridized carbons (Fsp3) is 0.250. The maximum absolute atomic E-state index is 12.7. The van der Waals surface area contributed by atoms with Gasteiger partial charge < -0.3 is 10.1 Å². The molecule has 0 radical (unpaired) electrons. The Hall–Kier alpha value is -3.15. The quantitative estimate of drug-likeness (QED) is 0.709. The van der Waals surface area contributed by atoms with E-state index in [0.29, 0.717) is 23.1 Å². The van der Waals surface area contributed by atoms with Gasteiger partial charge in [0.15, 0.2) is 6.61 Å². The standard InChI is InChI=1S/C20H21N3O3/c1-2-3-13-23-19(25)16-11-7-8-12-17(16)22-20(23)26-14-18(24)21-15-9-5-4-6-10-15/h4-12H,2-3,13-14H2,1H3,(H,21,24). The summed E-state index contributed by atoms with van der Waals surface area (Å²) in [6, 6.07) is 16.4. The molecule has 3 aromatic rings. The van der Waals surface area contributed by atoms with Crippen LogP contribution in [-0.2, 0) is 11.3 Å². The molecule has 0 saturated heterocycles. The van der Waals surface area contributed by atoms with Crippen LogP contribution in [-0.4, -0.2) is 22.1 Å². The fourth-order valence-corrected chi connectivity index (χ4v) is 2.62. The molecule has 0 aliphatic heterocycles. The molecule has 0 bridgehead atoms. The molecule has 1 amide bonds. The Kier molecular flexibility index (Phi) is 5.63. The van der Waals surface area contributed by atoms with E-state index in [1.165, 1.54) is 4.57 Å². The molecule has 0 spiro atoms. The van der Waals surface area contributed by atoms with Gasteiger partial charge in [-0.3, -0.25) is 14.2 Å². The molecule has 0 atom stereocenters. The highest BCUT2D eigenvalue weighted by Gasteiger charge is 2.13. The Bertz CT molecular complexity index is 951. The number of anilines is 1. The van der Waals surface area contributed by atoms with Gasteiger partial charge in [-0.05, 0) is 30.7 Å². The van der Waals surface area contributed by atoms with E-state index in [2.05, 4.69) is 10.3 Å². The van der Waals surface area contributed by atoms with Crippen molar-refractivity contribution in [1.29, 1.82) is 0 Å². The lowest BCUT2D eigenvalue weighted by Crippen LogP contribution is -2.27. The molecule has 6 nitrogen and oxygen atoms in total. The summed E-state index contributed by atoms with van der Waals surface area (Å²) in [4.78, 5) is 29.3. The van der Waals surface area contributed by atoms with E-state index < -0.39 is 0 Å². The largest absolute Gasteiger partial charge is 0.454 e. The topological polar surface area (TPSA) is 73.2 Å². The van der Waals surface area contributed by atoms with Crippen LogP contribution in [0.3, 0.4) is 0 Å². The second-order valence-corrected chi connectivity index (χ2v) is 5.92. The first kappa shape index (κ1) is 17.7. The molecule has 0 aliphatic rings. The summed E-state index contributed by atoms with van der Waals surface area (Å²) < 4.78 is 7.10. The van der Waals surface area contributed by atoms with E-state index >= 15 is 0 Å². The van der Waals surface area contributed by atoms with E-state index in [1.54, 1.807) is 24.3 Å². The van der Waals surface area contributed by atoms with Crippen LogP contribution >= 0.6 is 0 Å². The van der Waals surface area contributed by atoms with Gasteiger partial charge in [-0.2, -0.15) is 4.98 Å². The first-order chi connectivity index (χ1) is 12.7. The number of benzene rings is 2. The van der Waals surface area contributed by atoms with Crippen LogP contribution in [0.5, 0.6) is 6.01 Å². The molecule has 0 fully saturated rings. The maximum atomic E-state index is 12.7. The van der Waals surface area contributed by atoms with Crippen molar-refractivity contribution in [2.75, 3.05) is 11.9 Å². The zero-order chi connectivity index (χ0) is 18.4. The smallest absolute Gasteiger partial charge is 0.300 e. The van der Waals surface area contributed by atoms with E-state index in [1.807, 2.05) is 37.3 Å². The van der Waals surface area contributed by atoms with Crippen LogP contribution in [0.1, 0.15) is 19.8 Å². The minimum Gasteiger partial charge on any atom is -0.454 e. The predicted octanol–water partition coefficient (Wildman–Crippen LogP) is 3.21. The molecule has 0 aliphatic carbocycles. The van der Waals surface area contributed by atoms with Gasteiger partial charge >= 0.3 is 0 Å². The van der Waals surface area contributed by atoms with Crippen molar-refractivity contribution >= 4 is 22.5 Å².